The lowest BCUT2D eigenvalue weighted by molar-refractivity contribution is -0.156. The van der Waals surface area contributed by atoms with E-state index in [1.807, 2.05) is 34.2 Å². The van der Waals surface area contributed by atoms with Gasteiger partial charge in [-0.2, -0.15) is 0 Å². The third-order valence-corrected chi connectivity index (χ3v) is 10.1. The fraction of sp³-hybridized carbons (Fsp3) is 0.647. The number of carbonyl (C=O) groups is 2. The van der Waals surface area contributed by atoms with E-state index in [0.717, 1.165) is 30.6 Å². The number of piperidine rings is 1. The zero-order valence-corrected chi connectivity index (χ0v) is 25.4. The maximum atomic E-state index is 13.8. The van der Waals surface area contributed by atoms with Crippen LogP contribution >= 0.6 is 0 Å². The number of carbonyl (C=O) groups excluding carboxylic acids is 2. The summed E-state index contributed by atoms with van der Waals surface area (Å²) in [6, 6.07) is 10.1. The van der Waals surface area contributed by atoms with Crippen molar-refractivity contribution in [3.63, 3.8) is 0 Å². The summed E-state index contributed by atoms with van der Waals surface area (Å²) in [4.78, 5) is 33.3. The zero-order chi connectivity index (χ0) is 29.0. The molecule has 2 atom stereocenters. The lowest BCUT2D eigenvalue weighted by atomic mass is 9.69. The molecule has 3 fully saturated rings. The van der Waals surface area contributed by atoms with Gasteiger partial charge in [0.2, 0.25) is 5.91 Å². The van der Waals surface area contributed by atoms with Gasteiger partial charge in [-0.3, -0.25) is 9.59 Å². The molecule has 0 spiro atoms. The van der Waals surface area contributed by atoms with Gasteiger partial charge in [0.1, 0.15) is 0 Å². The molecule has 7 nitrogen and oxygen atoms in total. The standard InChI is InChI=1S/C34H50N4O3/c1-26(22-27-10-6-4-7-11-27)31(39)38-19-15-34(41,33(2,3)24-38)25-36-18-14-29(28-12-8-5-9-13-28)30(23-36)32(40)37-20-16-35-17-21-37/h5,8-9,12-14,23,26-27,35,41H,4,6-7,10-11,15-22,24-25H2,1-3H3/t26-,34+/m1/s1. The molecule has 41 heavy (non-hydrogen) atoms. The first-order valence-electron chi connectivity index (χ1n) is 15.9. The van der Waals surface area contributed by atoms with Gasteiger partial charge in [0.25, 0.3) is 5.91 Å². The highest BCUT2D eigenvalue weighted by atomic mass is 16.3. The van der Waals surface area contributed by atoms with E-state index in [-0.39, 0.29) is 17.7 Å². The van der Waals surface area contributed by atoms with Crippen molar-refractivity contribution in [3.05, 3.63) is 53.7 Å². The number of piperazine rings is 1. The van der Waals surface area contributed by atoms with Gasteiger partial charge in [0, 0.05) is 69.9 Å². The average Bonchev–Trinajstić information content (AvgIpc) is 2.99. The molecule has 0 radical (unpaired) electrons. The van der Waals surface area contributed by atoms with Crippen molar-refractivity contribution in [2.45, 2.75) is 71.3 Å². The molecule has 5 rings (SSSR count). The molecule has 1 aromatic rings. The van der Waals surface area contributed by atoms with E-state index in [9.17, 15) is 14.7 Å². The minimum Gasteiger partial charge on any atom is -0.387 e. The largest absolute Gasteiger partial charge is 0.387 e. The summed E-state index contributed by atoms with van der Waals surface area (Å²) in [6.45, 7) is 11.4. The van der Waals surface area contributed by atoms with E-state index < -0.39 is 11.0 Å². The van der Waals surface area contributed by atoms with E-state index in [0.29, 0.717) is 57.2 Å². The number of aliphatic hydroxyl groups is 1. The van der Waals surface area contributed by atoms with Crippen LogP contribution in [0, 0.1) is 17.3 Å². The summed E-state index contributed by atoms with van der Waals surface area (Å²) < 4.78 is 0. The number of likely N-dealkylation sites (tertiary alicyclic amines) is 1. The number of nitrogens with one attached hydrogen (secondary N) is 1. The Bertz CT molecular complexity index is 1130. The van der Waals surface area contributed by atoms with Crippen LogP contribution in [0.15, 0.2) is 48.2 Å². The molecule has 1 aliphatic carbocycles. The van der Waals surface area contributed by atoms with Crippen LogP contribution in [0.25, 0.3) is 5.57 Å². The van der Waals surface area contributed by atoms with Gasteiger partial charge in [0.15, 0.2) is 0 Å². The second kappa shape index (κ2) is 12.7. The molecule has 0 bridgehead atoms. The minimum atomic E-state index is -0.978. The highest BCUT2D eigenvalue weighted by Crippen LogP contribution is 2.41. The molecule has 7 heteroatoms. The number of hydrogen-bond acceptors (Lipinski definition) is 5. The summed E-state index contributed by atoms with van der Waals surface area (Å²) in [5, 5.41) is 15.4. The Balaban J connectivity index is 1.28. The van der Waals surface area contributed by atoms with Crippen molar-refractivity contribution in [2.75, 3.05) is 52.4 Å². The maximum Gasteiger partial charge on any atom is 0.256 e. The number of β-amino-alcohol motifs (C(OH)–C–C–N with tert-alkyl or cyclic N) is 1. The molecule has 1 saturated carbocycles. The maximum absolute atomic E-state index is 13.8. The van der Waals surface area contributed by atoms with Crippen LogP contribution in [0.1, 0.15) is 71.3 Å². The molecule has 224 valence electrons. The predicted octanol–water partition coefficient (Wildman–Crippen LogP) is 4.30. The Morgan fingerprint density at radius 2 is 1.73 bits per heavy atom. The molecule has 2 amide bonds. The van der Waals surface area contributed by atoms with E-state index in [1.54, 1.807) is 0 Å². The summed E-state index contributed by atoms with van der Waals surface area (Å²) in [6.07, 6.45) is 12.1. The van der Waals surface area contributed by atoms with E-state index in [4.69, 9.17) is 0 Å². The Labute approximate surface area is 246 Å². The molecular formula is C34H50N4O3. The fourth-order valence-corrected chi connectivity index (χ4v) is 7.35. The highest BCUT2D eigenvalue weighted by Gasteiger charge is 2.49. The van der Waals surface area contributed by atoms with Crippen LogP contribution in [-0.4, -0.2) is 89.6 Å². The predicted molar refractivity (Wildman–Crippen MR) is 164 cm³/mol. The average molecular weight is 563 g/mol. The van der Waals surface area contributed by atoms with Gasteiger partial charge in [-0.05, 0) is 29.9 Å². The van der Waals surface area contributed by atoms with Crippen molar-refractivity contribution in [3.8, 4) is 0 Å². The molecular weight excluding hydrogens is 512 g/mol. The first-order valence-corrected chi connectivity index (χ1v) is 15.9. The van der Waals surface area contributed by atoms with Gasteiger partial charge >= 0.3 is 0 Å². The third kappa shape index (κ3) is 6.72. The van der Waals surface area contributed by atoms with Crippen LogP contribution in [0.4, 0.5) is 0 Å². The molecule has 2 N–H and O–H groups in total. The molecule has 2 saturated heterocycles. The Morgan fingerprint density at radius 3 is 2.41 bits per heavy atom. The topological polar surface area (TPSA) is 76.1 Å². The SMILES string of the molecule is C[C@H](CC1CCCCC1)C(=O)N1CC[C@](O)(CN2C=C(C(=O)N3CCNCC3)C(c3ccccc3)=CC2)C(C)(C)C1. The van der Waals surface area contributed by atoms with E-state index in [2.05, 4.69) is 49.2 Å². The van der Waals surface area contributed by atoms with Gasteiger partial charge in [-0.1, -0.05) is 89.3 Å². The molecule has 3 aliphatic heterocycles. The first kappa shape index (κ1) is 29.8. The molecule has 4 aliphatic rings. The van der Waals surface area contributed by atoms with Gasteiger partial charge < -0.3 is 25.1 Å². The fourth-order valence-electron chi connectivity index (χ4n) is 7.35. The summed E-state index contributed by atoms with van der Waals surface area (Å²) >= 11 is 0. The van der Waals surface area contributed by atoms with Crippen molar-refractivity contribution in [1.82, 2.24) is 20.0 Å². The van der Waals surface area contributed by atoms with E-state index >= 15 is 0 Å². The number of hydrogen-bond donors (Lipinski definition) is 2. The number of nitrogens with zero attached hydrogens (tertiary/aromatic N) is 3. The van der Waals surface area contributed by atoms with Crippen LogP contribution in [-0.2, 0) is 9.59 Å². The second-order valence-electron chi connectivity index (χ2n) is 13.6. The normalized spacial score (nSPS) is 26.3. The van der Waals surface area contributed by atoms with Crippen molar-refractivity contribution in [2.24, 2.45) is 17.3 Å². The summed E-state index contributed by atoms with van der Waals surface area (Å²) in [7, 11) is 0. The summed E-state index contributed by atoms with van der Waals surface area (Å²) in [5.41, 5.74) is 1.23. The smallest absolute Gasteiger partial charge is 0.256 e. The summed E-state index contributed by atoms with van der Waals surface area (Å²) in [5.74, 6) is 0.994. The van der Waals surface area contributed by atoms with Crippen LogP contribution in [0.3, 0.4) is 0 Å². The van der Waals surface area contributed by atoms with Crippen LogP contribution < -0.4 is 5.32 Å². The Hall–Kier alpha value is -2.64. The molecule has 0 aromatic heterocycles. The van der Waals surface area contributed by atoms with Gasteiger partial charge in [-0.25, -0.2) is 0 Å². The third-order valence-electron chi connectivity index (χ3n) is 10.1. The van der Waals surface area contributed by atoms with Gasteiger partial charge in [0.05, 0.1) is 11.2 Å². The first-order chi connectivity index (χ1) is 19.7. The number of benzene rings is 1. The quantitative estimate of drug-likeness (QED) is 0.519. The highest BCUT2D eigenvalue weighted by molar-refractivity contribution is 6.09. The monoisotopic (exact) mass is 562 g/mol. The Morgan fingerprint density at radius 1 is 1.02 bits per heavy atom. The molecule has 3 heterocycles. The minimum absolute atomic E-state index is 0.0326. The second-order valence-corrected chi connectivity index (χ2v) is 13.6. The molecule has 0 unspecified atom stereocenters. The number of amides is 2. The van der Waals surface area contributed by atoms with E-state index in [1.165, 1.54) is 32.1 Å². The lowest BCUT2D eigenvalue weighted by Crippen LogP contribution is -2.62. The van der Waals surface area contributed by atoms with Crippen LogP contribution in [0.2, 0.25) is 0 Å². The lowest BCUT2D eigenvalue weighted by Gasteiger charge is -2.52. The Kier molecular flexibility index (Phi) is 9.24. The van der Waals surface area contributed by atoms with Gasteiger partial charge in [-0.15, -0.1) is 0 Å². The van der Waals surface area contributed by atoms with Crippen molar-refractivity contribution in [1.29, 1.82) is 0 Å². The van der Waals surface area contributed by atoms with Crippen molar-refractivity contribution >= 4 is 17.4 Å². The van der Waals surface area contributed by atoms with Crippen LogP contribution in [0.5, 0.6) is 0 Å². The molecule has 1 aromatic carbocycles. The zero-order valence-electron chi connectivity index (χ0n) is 25.4. The van der Waals surface area contributed by atoms with Crippen molar-refractivity contribution < 1.29 is 14.7 Å². The number of rotatable bonds is 7.